The molecule has 1 nitrogen and oxygen atoms in total. The van der Waals surface area contributed by atoms with Gasteiger partial charge in [-0.3, -0.25) is 4.79 Å². The first kappa shape index (κ1) is 15.0. The highest BCUT2D eigenvalue weighted by Crippen LogP contribution is 2.29. The van der Waals surface area contributed by atoms with Crippen LogP contribution < -0.4 is 0 Å². The summed E-state index contributed by atoms with van der Waals surface area (Å²) < 4.78 is 0. The minimum atomic E-state index is 0.114. The lowest BCUT2D eigenvalue weighted by atomic mass is 9.81. The summed E-state index contributed by atoms with van der Waals surface area (Å²) in [5.74, 6) is 0. The predicted molar refractivity (Wildman–Crippen MR) is 91.8 cm³/mol. The van der Waals surface area contributed by atoms with Gasteiger partial charge in [-0.2, -0.15) is 0 Å². The molecule has 0 atom stereocenters. The first-order valence-corrected chi connectivity index (χ1v) is 8.16. The number of fused-ring (bicyclic) bond motifs is 4. The van der Waals surface area contributed by atoms with Gasteiger partial charge in [-0.25, -0.2) is 0 Å². The van der Waals surface area contributed by atoms with E-state index in [0.717, 1.165) is 37.5 Å². The minimum Gasteiger partial charge on any atom is -0.298 e. The zero-order chi connectivity index (χ0) is 15.7. The number of aldehydes is 1. The van der Waals surface area contributed by atoms with E-state index in [0.29, 0.717) is 0 Å². The fourth-order valence-electron chi connectivity index (χ4n) is 3.28. The Bertz CT molecular complexity index is 660. The Morgan fingerprint density at radius 1 is 0.864 bits per heavy atom. The third-order valence-corrected chi connectivity index (χ3v) is 4.69. The number of rotatable bonds is 1. The van der Waals surface area contributed by atoms with Gasteiger partial charge in [0.15, 0.2) is 6.29 Å². The van der Waals surface area contributed by atoms with Crippen LogP contribution in [0.2, 0.25) is 0 Å². The van der Waals surface area contributed by atoms with Gasteiger partial charge >= 0.3 is 0 Å². The van der Waals surface area contributed by atoms with Crippen molar-refractivity contribution >= 4 is 6.29 Å². The van der Waals surface area contributed by atoms with Crippen LogP contribution in [0.3, 0.4) is 0 Å². The van der Waals surface area contributed by atoms with Gasteiger partial charge in [-0.15, -0.1) is 0 Å². The summed E-state index contributed by atoms with van der Waals surface area (Å²) in [6.45, 7) is 6.72. The van der Waals surface area contributed by atoms with E-state index in [2.05, 4.69) is 57.2 Å². The van der Waals surface area contributed by atoms with Gasteiger partial charge in [-0.1, -0.05) is 57.2 Å². The number of hydrogen-bond acceptors (Lipinski definition) is 1. The smallest absolute Gasteiger partial charge is 0.150 e. The molecule has 22 heavy (non-hydrogen) atoms. The van der Waals surface area contributed by atoms with E-state index in [9.17, 15) is 4.79 Å². The fraction of sp³-hybridized carbons (Fsp3) is 0.381. The first-order valence-electron chi connectivity index (χ1n) is 8.16. The van der Waals surface area contributed by atoms with Crippen molar-refractivity contribution in [3.05, 3.63) is 69.8 Å². The van der Waals surface area contributed by atoms with E-state index >= 15 is 0 Å². The molecular weight excluding hydrogens is 268 g/mol. The van der Waals surface area contributed by atoms with Crippen LogP contribution in [-0.4, -0.2) is 6.29 Å². The normalized spacial score (nSPS) is 14.5. The maximum atomic E-state index is 11.7. The monoisotopic (exact) mass is 292 g/mol. The second-order valence-corrected chi connectivity index (χ2v) is 7.40. The zero-order valence-electron chi connectivity index (χ0n) is 13.8. The lowest BCUT2D eigenvalue weighted by molar-refractivity contribution is 0.112. The molecule has 0 aromatic heterocycles. The molecule has 2 aromatic rings. The van der Waals surface area contributed by atoms with Crippen molar-refractivity contribution in [1.29, 1.82) is 0 Å². The Balaban J connectivity index is 2.11. The van der Waals surface area contributed by atoms with Crippen LogP contribution in [0.25, 0.3) is 0 Å². The van der Waals surface area contributed by atoms with Crippen LogP contribution in [-0.2, 0) is 31.1 Å². The van der Waals surface area contributed by atoms with Crippen molar-refractivity contribution in [2.45, 2.75) is 51.9 Å². The molecule has 0 fully saturated rings. The Labute approximate surface area is 133 Å². The fourth-order valence-corrected chi connectivity index (χ4v) is 3.28. The molecule has 2 aromatic carbocycles. The molecular formula is C21H24O. The van der Waals surface area contributed by atoms with Crippen LogP contribution in [0, 0.1) is 0 Å². The Morgan fingerprint density at radius 2 is 1.41 bits per heavy atom. The molecule has 0 spiro atoms. The molecule has 1 aliphatic carbocycles. The maximum Gasteiger partial charge on any atom is 0.150 e. The zero-order valence-corrected chi connectivity index (χ0v) is 13.8. The summed E-state index contributed by atoms with van der Waals surface area (Å²) in [5, 5.41) is 0. The van der Waals surface area contributed by atoms with Crippen molar-refractivity contribution in [3.8, 4) is 0 Å². The molecule has 0 radical (unpaired) electrons. The Kier molecular flexibility index (Phi) is 3.90. The second-order valence-electron chi connectivity index (χ2n) is 7.40. The average molecular weight is 292 g/mol. The Hall–Kier alpha value is -1.89. The minimum absolute atomic E-state index is 0.114. The molecule has 0 saturated heterocycles. The lowest BCUT2D eigenvalue weighted by Gasteiger charge is -2.23. The van der Waals surface area contributed by atoms with E-state index in [-0.39, 0.29) is 5.41 Å². The van der Waals surface area contributed by atoms with E-state index in [1.165, 1.54) is 27.8 Å². The number of aryl methyl sites for hydroxylation is 4. The van der Waals surface area contributed by atoms with Gasteiger partial charge < -0.3 is 0 Å². The van der Waals surface area contributed by atoms with Crippen molar-refractivity contribution in [2.75, 3.05) is 0 Å². The van der Waals surface area contributed by atoms with Crippen LogP contribution in [0.5, 0.6) is 0 Å². The van der Waals surface area contributed by atoms with Gasteiger partial charge in [0.1, 0.15) is 0 Å². The van der Waals surface area contributed by atoms with Crippen molar-refractivity contribution in [3.63, 3.8) is 0 Å². The Morgan fingerprint density at radius 3 is 1.86 bits per heavy atom. The van der Waals surface area contributed by atoms with Gasteiger partial charge in [0.05, 0.1) is 0 Å². The number of carbonyl (C=O) groups is 1. The van der Waals surface area contributed by atoms with Gasteiger partial charge in [-0.05, 0) is 58.9 Å². The molecule has 3 rings (SSSR count). The maximum absolute atomic E-state index is 11.7. The van der Waals surface area contributed by atoms with Crippen LogP contribution in [0.1, 0.15) is 58.9 Å². The van der Waals surface area contributed by atoms with Crippen LogP contribution >= 0.6 is 0 Å². The highest BCUT2D eigenvalue weighted by Gasteiger charge is 2.19. The van der Waals surface area contributed by atoms with Crippen molar-refractivity contribution < 1.29 is 4.79 Å². The summed E-state index contributed by atoms with van der Waals surface area (Å²) in [5.41, 5.74) is 7.56. The average Bonchev–Trinajstić information content (AvgIpc) is 2.49. The van der Waals surface area contributed by atoms with Gasteiger partial charge in [0.2, 0.25) is 0 Å². The molecule has 114 valence electrons. The summed E-state index contributed by atoms with van der Waals surface area (Å²) in [6, 6.07) is 13.4. The highest BCUT2D eigenvalue weighted by atomic mass is 16.1. The summed E-state index contributed by atoms with van der Waals surface area (Å²) in [6.07, 6.45) is 4.94. The third-order valence-electron chi connectivity index (χ3n) is 4.69. The molecule has 4 bridgehead atoms. The molecule has 1 aliphatic rings. The van der Waals surface area contributed by atoms with Gasteiger partial charge in [0, 0.05) is 5.56 Å². The second kappa shape index (κ2) is 5.72. The topological polar surface area (TPSA) is 17.1 Å². The van der Waals surface area contributed by atoms with E-state index < -0.39 is 0 Å². The quantitative estimate of drug-likeness (QED) is 0.697. The highest BCUT2D eigenvalue weighted by molar-refractivity contribution is 5.80. The molecule has 0 N–H and O–H groups in total. The molecule has 0 aliphatic heterocycles. The van der Waals surface area contributed by atoms with Crippen molar-refractivity contribution in [1.82, 2.24) is 0 Å². The summed E-state index contributed by atoms with van der Waals surface area (Å²) in [4.78, 5) is 11.7. The lowest BCUT2D eigenvalue weighted by Crippen LogP contribution is -2.15. The number of hydrogen-bond donors (Lipinski definition) is 0. The SMILES string of the molecule is CC(C)(C)c1cc2c(C=O)c(c1)CCc1cccc(c1)CC2. The number of benzene rings is 2. The summed E-state index contributed by atoms with van der Waals surface area (Å²) in [7, 11) is 0. The first-order chi connectivity index (χ1) is 10.5. The molecule has 0 unspecified atom stereocenters. The third kappa shape index (κ3) is 2.99. The van der Waals surface area contributed by atoms with E-state index in [1.54, 1.807) is 0 Å². The predicted octanol–water partition coefficient (Wildman–Crippen LogP) is 4.68. The molecule has 0 saturated carbocycles. The standard InChI is InChI=1S/C21H24O/c1-21(2,3)19-12-17-9-7-15-5-4-6-16(11-15)8-10-18(13-19)20(17)14-22/h4-6,11-14H,7-10H2,1-3H3. The molecule has 0 amide bonds. The molecule has 1 heteroatoms. The largest absolute Gasteiger partial charge is 0.298 e. The van der Waals surface area contributed by atoms with Crippen molar-refractivity contribution in [2.24, 2.45) is 0 Å². The van der Waals surface area contributed by atoms with E-state index in [4.69, 9.17) is 0 Å². The van der Waals surface area contributed by atoms with Crippen LogP contribution in [0.4, 0.5) is 0 Å². The van der Waals surface area contributed by atoms with Gasteiger partial charge in [0.25, 0.3) is 0 Å². The van der Waals surface area contributed by atoms with Crippen LogP contribution in [0.15, 0.2) is 36.4 Å². The van der Waals surface area contributed by atoms with E-state index in [1.807, 2.05) is 0 Å². The number of carbonyl (C=O) groups excluding carboxylic acids is 1. The molecule has 0 heterocycles. The summed E-state index contributed by atoms with van der Waals surface area (Å²) >= 11 is 0.